The van der Waals surface area contributed by atoms with Crippen LogP contribution >= 0.6 is 12.4 Å². The van der Waals surface area contributed by atoms with E-state index in [1.165, 1.54) is 0 Å². The molecular formula is C17H27ClN2O3. The van der Waals surface area contributed by atoms with Crippen LogP contribution in [0.5, 0.6) is 5.75 Å². The first kappa shape index (κ1) is 19.7. The topological polar surface area (TPSA) is 59.6 Å². The molecule has 0 aromatic heterocycles. The molecule has 1 amide bonds. The lowest BCUT2D eigenvalue weighted by atomic mass is 9.91. The molecule has 0 aliphatic carbocycles. The molecule has 1 aromatic rings. The SMILES string of the molecule is COC1(C(=O)Nc2ccc(OC(C)C)c(C)c2)CCNCC1.Cl. The third-order valence-corrected chi connectivity index (χ3v) is 4.01. The van der Waals surface area contributed by atoms with Crippen molar-refractivity contribution in [2.45, 2.75) is 45.3 Å². The number of hydrogen-bond donors (Lipinski definition) is 2. The molecular weight excluding hydrogens is 316 g/mol. The molecule has 2 rings (SSSR count). The first-order valence-electron chi connectivity index (χ1n) is 7.81. The monoisotopic (exact) mass is 342 g/mol. The maximum absolute atomic E-state index is 12.6. The number of piperidine rings is 1. The van der Waals surface area contributed by atoms with Gasteiger partial charge in [-0.15, -0.1) is 12.4 Å². The zero-order chi connectivity index (χ0) is 16.2. The van der Waals surface area contributed by atoms with Gasteiger partial charge in [-0.3, -0.25) is 4.79 Å². The fraction of sp³-hybridized carbons (Fsp3) is 0.588. The summed E-state index contributed by atoms with van der Waals surface area (Å²) in [5, 5.41) is 6.23. The first-order valence-corrected chi connectivity index (χ1v) is 7.81. The van der Waals surface area contributed by atoms with Crippen molar-refractivity contribution >= 4 is 24.0 Å². The second-order valence-corrected chi connectivity index (χ2v) is 6.05. The number of anilines is 1. The van der Waals surface area contributed by atoms with Gasteiger partial charge in [0, 0.05) is 12.8 Å². The molecule has 1 aliphatic rings. The number of benzene rings is 1. The van der Waals surface area contributed by atoms with Gasteiger partial charge in [0.2, 0.25) is 0 Å². The van der Waals surface area contributed by atoms with Gasteiger partial charge in [-0.1, -0.05) is 0 Å². The van der Waals surface area contributed by atoms with Crippen LogP contribution in [0.3, 0.4) is 0 Å². The van der Waals surface area contributed by atoms with Crippen molar-refractivity contribution in [3.05, 3.63) is 23.8 Å². The summed E-state index contributed by atoms with van der Waals surface area (Å²) in [6.07, 6.45) is 1.50. The summed E-state index contributed by atoms with van der Waals surface area (Å²) in [6, 6.07) is 5.69. The summed E-state index contributed by atoms with van der Waals surface area (Å²) >= 11 is 0. The lowest BCUT2D eigenvalue weighted by Gasteiger charge is -2.34. The van der Waals surface area contributed by atoms with Crippen molar-refractivity contribution in [2.24, 2.45) is 0 Å². The molecule has 6 heteroatoms. The quantitative estimate of drug-likeness (QED) is 0.863. The van der Waals surface area contributed by atoms with E-state index < -0.39 is 5.60 Å². The van der Waals surface area contributed by atoms with Crippen LogP contribution in [-0.4, -0.2) is 37.8 Å². The second-order valence-electron chi connectivity index (χ2n) is 6.05. The number of nitrogens with one attached hydrogen (secondary N) is 2. The molecule has 2 N–H and O–H groups in total. The fourth-order valence-electron chi connectivity index (χ4n) is 2.71. The molecule has 0 radical (unpaired) electrons. The summed E-state index contributed by atoms with van der Waals surface area (Å²) < 4.78 is 11.3. The number of ether oxygens (including phenoxy) is 2. The molecule has 0 atom stereocenters. The molecule has 23 heavy (non-hydrogen) atoms. The molecule has 5 nitrogen and oxygen atoms in total. The van der Waals surface area contributed by atoms with Gasteiger partial charge < -0.3 is 20.1 Å². The van der Waals surface area contributed by atoms with Gasteiger partial charge in [-0.05, 0) is 70.5 Å². The largest absolute Gasteiger partial charge is 0.491 e. The van der Waals surface area contributed by atoms with Gasteiger partial charge in [0.1, 0.15) is 11.4 Å². The van der Waals surface area contributed by atoms with Gasteiger partial charge in [-0.2, -0.15) is 0 Å². The van der Waals surface area contributed by atoms with E-state index in [1.54, 1.807) is 7.11 Å². The van der Waals surface area contributed by atoms with E-state index in [-0.39, 0.29) is 24.4 Å². The Hall–Kier alpha value is -1.30. The predicted molar refractivity (Wildman–Crippen MR) is 94.7 cm³/mol. The summed E-state index contributed by atoms with van der Waals surface area (Å²) in [4.78, 5) is 12.6. The molecule has 130 valence electrons. The van der Waals surface area contributed by atoms with Crippen LogP contribution in [0.25, 0.3) is 0 Å². The van der Waals surface area contributed by atoms with E-state index in [9.17, 15) is 4.79 Å². The van der Waals surface area contributed by atoms with Crippen molar-refractivity contribution in [3.8, 4) is 5.75 Å². The van der Waals surface area contributed by atoms with Crippen LogP contribution in [0.4, 0.5) is 5.69 Å². The van der Waals surface area contributed by atoms with Gasteiger partial charge >= 0.3 is 0 Å². The third-order valence-electron chi connectivity index (χ3n) is 4.01. The molecule has 0 spiro atoms. The maximum Gasteiger partial charge on any atom is 0.256 e. The second kappa shape index (κ2) is 8.52. The van der Waals surface area contributed by atoms with E-state index >= 15 is 0 Å². The number of amides is 1. The van der Waals surface area contributed by atoms with Crippen LogP contribution in [0, 0.1) is 6.92 Å². The van der Waals surface area contributed by atoms with E-state index in [2.05, 4.69) is 10.6 Å². The lowest BCUT2D eigenvalue weighted by Crippen LogP contribution is -2.51. The van der Waals surface area contributed by atoms with Crippen LogP contribution < -0.4 is 15.4 Å². The average molecular weight is 343 g/mol. The van der Waals surface area contributed by atoms with Crippen molar-refractivity contribution in [1.29, 1.82) is 0 Å². The predicted octanol–water partition coefficient (Wildman–Crippen LogP) is 2.91. The van der Waals surface area contributed by atoms with E-state index in [0.717, 1.165) is 30.1 Å². The number of rotatable bonds is 5. The Morgan fingerprint density at radius 2 is 1.96 bits per heavy atom. The van der Waals surface area contributed by atoms with Crippen LogP contribution in [0.1, 0.15) is 32.3 Å². The summed E-state index contributed by atoms with van der Waals surface area (Å²) in [5.41, 5.74) is 1.04. The number of carbonyl (C=O) groups excluding carboxylic acids is 1. The molecule has 1 fully saturated rings. The number of halogens is 1. The summed E-state index contributed by atoms with van der Waals surface area (Å²) in [6.45, 7) is 7.55. The highest BCUT2D eigenvalue weighted by Gasteiger charge is 2.39. The third kappa shape index (κ3) is 4.83. The number of carbonyl (C=O) groups is 1. The Morgan fingerprint density at radius 1 is 1.30 bits per heavy atom. The minimum Gasteiger partial charge on any atom is -0.491 e. The van der Waals surface area contributed by atoms with E-state index in [0.29, 0.717) is 12.8 Å². The summed E-state index contributed by atoms with van der Waals surface area (Å²) in [5.74, 6) is 0.768. The lowest BCUT2D eigenvalue weighted by molar-refractivity contribution is -0.140. The van der Waals surface area contributed by atoms with Crippen LogP contribution in [0.2, 0.25) is 0 Å². The molecule has 0 bridgehead atoms. The highest BCUT2D eigenvalue weighted by atomic mass is 35.5. The first-order chi connectivity index (χ1) is 10.5. The smallest absolute Gasteiger partial charge is 0.256 e. The number of methoxy groups -OCH3 is 1. The average Bonchev–Trinajstić information content (AvgIpc) is 2.50. The summed E-state index contributed by atoms with van der Waals surface area (Å²) in [7, 11) is 1.61. The highest BCUT2D eigenvalue weighted by Crippen LogP contribution is 2.27. The molecule has 1 aliphatic heterocycles. The standard InChI is InChI=1S/C17H26N2O3.ClH/c1-12(2)22-15-6-5-14(11-13(15)3)19-16(20)17(21-4)7-9-18-10-8-17;/h5-6,11-12,18H,7-10H2,1-4H3,(H,19,20);1H. The molecule has 1 heterocycles. The zero-order valence-electron chi connectivity index (χ0n) is 14.3. The van der Waals surface area contributed by atoms with Crippen molar-refractivity contribution in [3.63, 3.8) is 0 Å². The fourth-order valence-corrected chi connectivity index (χ4v) is 2.71. The van der Waals surface area contributed by atoms with Gasteiger partial charge in [0.15, 0.2) is 0 Å². The van der Waals surface area contributed by atoms with Crippen molar-refractivity contribution in [2.75, 3.05) is 25.5 Å². The Balaban J connectivity index is 0.00000264. The number of aryl methyl sites for hydroxylation is 1. The Bertz CT molecular complexity index is 529. The molecule has 0 saturated carbocycles. The van der Waals surface area contributed by atoms with E-state index in [4.69, 9.17) is 9.47 Å². The Labute approximate surface area is 144 Å². The Morgan fingerprint density at radius 3 is 2.48 bits per heavy atom. The van der Waals surface area contributed by atoms with Crippen LogP contribution in [0.15, 0.2) is 18.2 Å². The molecule has 1 saturated heterocycles. The van der Waals surface area contributed by atoms with E-state index in [1.807, 2.05) is 39.0 Å². The zero-order valence-corrected chi connectivity index (χ0v) is 15.1. The highest BCUT2D eigenvalue weighted by molar-refractivity contribution is 5.97. The van der Waals surface area contributed by atoms with Gasteiger partial charge in [0.25, 0.3) is 5.91 Å². The molecule has 0 unspecified atom stereocenters. The number of hydrogen-bond acceptors (Lipinski definition) is 4. The minimum atomic E-state index is -0.730. The Kier molecular flexibility index (Phi) is 7.32. The van der Waals surface area contributed by atoms with Gasteiger partial charge in [0.05, 0.1) is 6.10 Å². The minimum absolute atomic E-state index is 0. The van der Waals surface area contributed by atoms with Crippen molar-refractivity contribution < 1.29 is 14.3 Å². The normalized spacial score (nSPS) is 16.6. The van der Waals surface area contributed by atoms with Gasteiger partial charge in [-0.25, -0.2) is 0 Å². The van der Waals surface area contributed by atoms with Crippen LogP contribution in [-0.2, 0) is 9.53 Å². The maximum atomic E-state index is 12.6. The van der Waals surface area contributed by atoms with Crippen molar-refractivity contribution in [1.82, 2.24) is 5.32 Å². The molecule has 1 aromatic carbocycles.